The Morgan fingerprint density at radius 3 is 2.68 bits per heavy atom. The molecule has 0 saturated carbocycles. The van der Waals surface area contributed by atoms with Gasteiger partial charge in [-0.05, 0) is 58.7 Å². The van der Waals surface area contributed by atoms with Crippen LogP contribution in [0.1, 0.15) is 25.2 Å². The van der Waals surface area contributed by atoms with Crippen molar-refractivity contribution in [3.05, 3.63) is 61.0 Å². The largest absolute Gasteiger partial charge is 0.490 e. The van der Waals surface area contributed by atoms with Crippen molar-refractivity contribution in [1.82, 2.24) is 9.66 Å². The lowest BCUT2D eigenvalue weighted by Gasteiger charge is -2.13. The van der Waals surface area contributed by atoms with Gasteiger partial charge >= 0.3 is 0 Å². The number of primary amides is 1. The summed E-state index contributed by atoms with van der Waals surface area (Å²) in [6.45, 7) is 3.86. The zero-order chi connectivity index (χ0) is 22.5. The van der Waals surface area contributed by atoms with E-state index in [1.807, 2.05) is 19.9 Å². The molecule has 1 heterocycles. The highest BCUT2D eigenvalue weighted by Gasteiger charge is 2.14. The molecule has 8 nitrogen and oxygen atoms in total. The summed E-state index contributed by atoms with van der Waals surface area (Å²) in [6.07, 6.45) is 2.07. The van der Waals surface area contributed by atoms with Gasteiger partial charge in [0, 0.05) is 10.9 Å². The third-order valence-corrected chi connectivity index (χ3v) is 5.29. The number of hydrogen-bond acceptors (Lipinski definition) is 6. The summed E-state index contributed by atoms with van der Waals surface area (Å²) in [7, 11) is 0. The summed E-state index contributed by atoms with van der Waals surface area (Å²) < 4.78 is 13.7. The highest BCUT2D eigenvalue weighted by molar-refractivity contribution is 9.10. The van der Waals surface area contributed by atoms with Crippen molar-refractivity contribution in [2.75, 3.05) is 13.2 Å². The topological polar surface area (TPSA) is 109 Å². The van der Waals surface area contributed by atoms with E-state index in [1.54, 1.807) is 24.3 Å². The summed E-state index contributed by atoms with van der Waals surface area (Å²) in [5.74, 6) is 0.730. The van der Waals surface area contributed by atoms with Crippen LogP contribution in [0.3, 0.4) is 0 Å². The molecule has 162 valence electrons. The first-order chi connectivity index (χ1) is 14.8. The van der Waals surface area contributed by atoms with E-state index in [4.69, 9.17) is 15.2 Å². The fraction of sp³-hybridized carbons (Fsp3) is 0.238. The van der Waals surface area contributed by atoms with Crippen LogP contribution in [-0.4, -0.2) is 35.0 Å². The molecule has 1 amide bonds. The van der Waals surface area contributed by atoms with Gasteiger partial charge < -0.3 is 15.2 Å². The predicted octanol–water partition coefficient (Wildman–Crippen LogP) is 3.63. The van der Waals surface area contributed by atoms with Gasteiger partial charge in [0.15, 0.2) is 18.1 Å². The van der Waals surface area contributed by atoms with Gasteiger partial charge in [0.05, 0.1) is 28.2 Å². The SMILES string of the molecule is CCOc1cc(C=Nn2c(CC)nc3ccc(Br)cc3c2=O)cc(Br)c1OCC(N)=O. The predicted molar refractivity (Wildman–Crippen MR) is 126 cm³/mol. The summed E-state index contributed by atoms with van der Waals surface area (Å²) in [4.78, 5) is 28.6. The van der Waals surface area contributed by atoms with Crippen molar-refractivity contribution in [3.63, 3.8) is 0 Å². The molecule has 0 aliphatic rings. The number of carbonyl (C=O) groups excluding carboxylic acids is 1. The summed E-state index contributed by atoms with van der Waals surface area (Å²) in [6, 6.07) is 8.81. The molecule has 2 aromatic carbocycles. The zero-order valence-corrected chi connectivity index (χ0v) is 20.1. The molecule has 31 heavy (non-hydrogen) atoms. The zero-order valence-electron chi connectivity index (χ0n) is 16.9. The van der Waals surface area contributed by atoms with E-state index < -0.39 is 5.91 Å². The number of ether oxygens (including phenoxy) is 2. The average Bonchev–Trinajstić information content (AvgIpc) is 2.72. The van der Waals surface area contributed by atoms with Crippen LogP contribution in [-0.2, 0) is 11.2 Å². The van der Waals surface area contributed by atoms with E-state index in [1.165, 1.54) is 10.9 Å². The molecule has 10 heteroatoms. The molecule has 0 radical (unpaired) electrons. The number of fused-ring (bicyclic) bond motifs is 1. The van der Waals surface area contributed by atoms with Gasteiger partial charge in [-0.15, -0.1) is 0 Å². The van der Waals surface area contributed by atoms with Gasteiger partial charge in [0.2, 0.25) is 0 Å². The minimum atomic E-state index is -0.595. The van der Waals surface area contributed by atoms with Crippen molar-refractivity contribution in [2.45, 2.75) is 20.3 Å². The molecule has 3 rings (SSSR count). The van der Waals surface area contributed by atoms with Crippen molar-refractivity contribution >= 4 is 54.9 Å². The van der Waals surface area contributed by atoms with Gasteiger partial charge in [-0.25, -0.2) is 4.98 Å². The Labute approximate surface area is 195 Å². The Balaban J connectivity index is 2.05. The highest BCUT2D eigenvalue weighted by Crippen LogP contribution is 2.36. The van der Waals surface area contributed by atoms with Crippen LogP contribution in [0.4, 0.5) is 0 Å². The van der Waals surface area contributed by atoms with Crippen molar-refractivity contribution in [2.24, 2.45) is 10.8 Å². The van der Waals surface area contributed by atoms with Gasteiger partial charge in [-0.2, -0.15) is 9.78 Å². The third-order valence-electron chi connectivity index (χ3n) is 4.20. The number of benzene rings is 2. The van der Waals surface area contributed by atoms with E-state index in [0.717, 1.165) is 4.47 Å². The van der Waals surface area contributed by atoms with Gasteiger partial charge in [0.25, 0.3) is 11.5 Å². The Hall–Kier alpha value is -2.72. The Morgan fingerprint density at radius 2 is 2.00 bits per heavy atom. The number of nitrogens with zero attached hydrogens (tertiary/aromatic N) is 3. The lowest BCUT2D eigenvalue weighted by atomic mass is 10.2. The van der Waals surface area contributed by atoms with Gasteiger partial charge in [-0.3, -0.25) is 9.59 Å². The lowest BCUT2D eigenvalue weighted by molar-refractivity contribution is -0.119. The average molecular weight is 552 g/mol. The number of amides is 1. The normalized spacial score (nSPS) is 11.2. The number of hydrogen-bond donors (Lipinski definition) is 1. The quantitative estimate of drug-likeness (QED) is 0.430. The second-order valence-electron chi connectivity index (χ2n) is 6.42. The van der Waals surface area contributed by atoms with Crippen molar-refractivity contribution < 1.29 is 14.3 Å². The first-order valence-electron chi connectivity index (χ1n) is 9.47. The molecule has 0 atom stereocenters. The van der Waals surface area contributed by atoms with Crippen molar-refractivity contribution in [1.29, 1.82) is 0 Å². The van der Waals surface area contributed by atoms with E-state index in [2.05, 4.69) is 41.9 Å². The first-order valence-corrected chi connectivity index (χ1v) is 11.1. The van der Waals surface area contributed by atoms with Crippen molar-refractivity contribution in [3.8, 4) is 11.5 Å². The molecule has 3 aromatic rings. The molecule has 0 aliphatic carbocycles. The van der Waals surface area contributed by atoms with Crippen LogP contribution in [0.15, 0.2) is 49.2 Å². The fourth-order valence-corrected chi connectivity index (χ4v) is 3.81. The lowest BCUT2D eigenvalue weighted by Crippen LogP contribution is -2.22. The molecule has 1 aromatic heterocycles. The second kappa shape index (κ2) is 10.1. The fourth-order valence-electron chi connectivity index (χ4n) is 2.88. The van der Waals surface area contributed by atoms with E-state index >= 15 is 0 Å². The van der Waals surface area contributed by atoms with Crippen LogP contribution in [0.25, 0.3) is 10.9 Å². The number of rotatable bonds is 8. The van der Waals surface area contributed by atoms with E-state index in [-0.39, 0.29) is 12.2 Å². The molecular weight excluding hydrogens is 532 g/mol. The number of carbonyl (C=O) groups is 1. The minimum absolute atomic E-state index is 0.259. The Morgan fingerprint density at radius 1 is 1.23 bits per heavy atom. The molecule has 0 unspecified atom stereocenters. The smallest absolute Gasteiger partial charge is 0.282 e. The number of aryl methyl sites for hydroxylation is 1. The maximum absolute atomic E-state index is 13.0. The summed E-state index contributed by atoms with van der Waals surface area (Å²) in [5.41, 5.74) is 6.18. The van der Waals surface area contributed by atoms with E-state index in [9.17, 15) is 9.59 Å². The molecule has 0 spiro atoms. The van der Waals surface area contributed by atoms with Crippen LogP contribution < -0.4 is 20.8 Å². The Kier molecular flexibility index (Phi) is 7.45. The monoisotopic (exact) mass is 550 g/mol. The maximum Gasteiger partial charge on any atom is 0.282 e. The molecular formula is C21H20Br2N4O4. The molecule has 2 N–H and O–H groups in total. The Bertz CT molecular complexity index is 1220. The summed E-state index contributed by atoms with van der Waals surface area (Å²) >= 11 is 6.81. The standard InChI is InChI=1S/C21H20Br2N4O4/c1-3-19-26-16-6-5-13(22)9-14(16)21(29)27(19)25-10-12-7-15(23)20(31-11-18(24)28)17(8-12)30-4-2/h5-10H,3-4,11H2,1-2H3,(H2,24,28). The van der Waals surface area contributed by atoms with Gasteiger partial charge in [0.1, 0.15) is 5.82 Å². The minimum Gasteiger partial charge on any atom is -0.490 e. The molecule has 0 fully saturated rings. The number of halogens is 2. The third kappa shape index (κ3) is 5.31. The summed E-state index contributed by atoms with van der Waals surface area (Å²) in [5, 5.41) is 4.85. The van der Waals surface area contributed by atoms with Crippen LogP contribution in [0.5, 0.6) is 11.5 Å². The van der Waals surface area contributed by atoms with Gasteiger partial charge in [-0.1, -0.05) is 22.9 Å². The van der Waals surface area contributed by atoms with Crippen LogP contribution >= 0.6 is 31.9 Å². The molecule has 0 aliphatic heterocycles. The van der Waals surface area contributed by atoms with Crippen LogP contribution in [0, 0.1) is 0 Å². The molecule has 0 saturated heterocycles. The highest BCUT2D eigenvalue weighted by atomic mass is 79.9. The first kappa shape index (κ1) is 23.0. The number of nitrogens with two attached hydrogens (primary N) is 1. The van der Waals surface area contributed by atoms with Crippen LogP contribution in [0.2, 0.25) is 0 Å². The molecule has 0 bridgehead atoms. The van der Waals surface area contributed by atoms with E-state index in [0.29, 0.717) is 51.3 Å². The maximum atomic E-state index is 13.0. The number of aromatic nitrogens is 2. The second-order valence-corrected chi connectivity index (χ2v) is 8.19.